The second kappa shape index (κ2) is 7.63. The molecule has 0 spiro atoms. The van der Waals surface area contributed by atoms with Gasteiger partial charge in [0.2, 0.25) is 5.91 Å². The topological polar surface area (TPSA) is 75.7 Å². The molecule has 4 rings (SSSR count). The van der Waals surface area contributed by atoms with Crippen molar-refractivity contribution in [1.29, 1.82) is 0 Å². The molecule has 0 saturated heterocycles. The highest BCUT2D eigenvalue weighted by Gasteiger charge is 2.30. The molecule has 0 fully saturated rings. The predicted octanol–water partition coefficient (Wildman–Crippen LogP) is 3.96. The lowest BCUT2D eigenvalue weighted by Crippen LogP contribution is -2.41. The summed E-state index contributed by atoms with van der Waals surface area (Å²) in [5.41, 5.74) is 1.09. The monoisotopic (exact) mass is 412 g/mol. The van der Waals surface area contributed by atoms with E-state index in [9.17, 15) is 18.8 Å². The third-order valence-corrected chi connectivity index (χ3v) is 5.73. The van der Waals surface area contributed by atoms with Crippen LogP contribution in [0.1, 0.15) is 23.0 Å². The van der Waals surface area contributed by atoms with Crippen molar-refractivity contribution >= 4 is 50.6 Å². The van der Waals surface area contributed by atoms with E-state index >= 15 is 0 Å². The van der Waals surface area contributed by atoms with Crippen LogP contribution in [-0.2, 0) is 14.3 Å². The number of carbonyl (C=O) groups is 3. The number of carbonyl (C=O) groups excluding carboxylic acids is 3. The molecule has 148 valence electrons. The number of ether oxygens (including phenoxy) is 1. The lowest BCUT2D eigenvalue weighted by atomic mass is 10.1. The molecule has 0 aliphatic carbocycles. The number of hydrogen-bond donors (Lipinski definition) is 1. The number of esters is 1. The fourth-order valence-corrected chi connectivity index (χ4v) is 4.29. The largest absolute Gasteiger partial charge is 0.451 e. The summed E-state index contributed by atoms with van der Waals surface area (Å²) >= 11 is 1.17. The van der Waals surface area contributed by atoms with Crippen molar-refractivity contribution in [3.8, 4) is 0 Å². The molecule has 1 unspecified atom stereocenters. The highest BCUT2D eigenvalue weighted by atomic mass is 32.1. The molecule has 1 atom stereocenters. The van der Waals surface area contributed by atoms with E-state index in [0.29, 0.717) is 21.6 Å². The first-order valence-corrected chi connectivity index (χ1v) is 9.81. The van der Waals surface area contributed by atoms with E-state index in [0.717, 1.165) is 4.70 Å². The van der Waals surface area contributed by atoms with Gasteiger partial charge in [-0.05, 0) is 48.7 Å². The SMILES string of the molecule is CC1CC(=O)Nc2ccccc2N1C(=O)COC(=O)c1cc2cc(F)ccc2s1. The number of nitrogens with zero attached hydrogens (tertiary/aromatic N) is 1. The summed E-state index contributed by atoms with van der Waals surface area (Å²) in [6.07, 6.45) is 0.135. The van der Waals surface area contributed by atoms with Crippen LogP contribution in [0, 0.1) is 5.82 Å². The van der Waals surface area contributed by atoms with Gasteiger partial charge in [-0.1, -0.05) is 12.1 Å². The quantitative estimate of drug-likeness (QED) is 0.661. The van der Waals surface area contributed by atoms with E-state index in [1.807, 2.05) is 0 Å². The van der Waals surface area contributed by atoms with Crippen LogP contribution in [0.5, 0.6) is 0 Å². The van der Waals surface area contributed by atoms with Gasteiger partial charge in [0.25, 0.3) is 5.91 Å². The van der Waals surface area contributed by atoms with E-state index in [1.165, 1.54) is 28.4 Å². The molecule has 2 amide bonds. The number of hydrogen-bond acceptors (Lipinski definition) is 5. The molecule has 2 heterocycles. The second-order valence-electron chi connectivity index (χ2n) is 6.75. The molecule has 29 heavy (non-hydrogen) atoms. The third-order valence-electron chi connectivity index (χ3n) is 4.63. The molecule has 6 nitrogen and oxygen atoms in total. The number of amides is 2. The summed E-state index contributed by atoms with van der Waals surface area (Å²) in [4.78, 5) is 39.0. The van der Waals surface area contributed by atoms with Gasteiger partial charge in [-0.3, -0.25) is 9.59 Å². The van der Waals surface area contributed by atoms with E-state index in [4.69, 9.17) is 4.74 Å². The number of rotatable bonds is 3. The maximum absolute atomic E-state index is 13.3. The van der Waals surface area contributed by atoms with E-state index in [2.05, 4.69) is 5.32 Å². The minimum Gasteiger partial charge on any atom is -0.451 e. The normalized spacial score (nSPS) is 16.1. The van der Waals surface area contributed by atoms with Gasteiger partial charge in [-0.2, -0.15) is 0 Å². The lowest BCUT2D eigenvalue weighted by Gasteiger charge is -2.27. The summed E-state index contributed by atoms with van der Waals surface area (Å²) in [7, 11) is 0. The molecular formula is C21H17FN2O4S. The summed E-state index contributed by atoms with van der Waals surface area (Å²) in [5, 5.41) is 3.38. The average Bonchev–Trinajstić information content (AvgIpc) is 3.05. The summed E-state index contributed by atoms with van der Waals surface area (Å²) < 4.78 is 19.3. The first kappa shape index (κ1) is 19.1. The van der Waals surface area contributed by atoms with E-state index in [-0.39, 0.29) is 18.1 Å². The summed E-state index contributed by atoms with van der Waals surface area (Å²) in [5.74, 6) is -1.65. The number of nitrogens with one attached hydrogen (secondary N) is 1. The maximum atomic E-state index is 13.3. The molecule has 1 aliphatic heterocycles. The van der Waals surface area contributed by atoms with Gasteiger partial charge < -0.3 is 15.0 Å². The Kier molecular flexibility index (Phi) is 5.02. The molecule has 1 aliphatic rings. The van der Waals surface area contributed by atoms with Crippen molar-refractivity contribution in [2.24, 2.45) is 0 Å². The standard InChI is InChI=1S/C21H17FN2O4S/c1-12-8-19(25)23-15-4-2-3-5-16(15)24(12)20(26)11-28-21(27)18-10-13-9-14(22)6-7-17(13)29-18/h2-7,9-10,12H,8,11H2,1H3,(H,23,25). The van der Waals surface area contributed by atoms with Crippen LogP contribution in [0.15, 0.2) is 48.5 Å². The molecule has 0 radical (unpaired) electrons. The number of thiophene rings is 1. The summed E-state index contributed by atoms with van der Waals surface area (Å²) in [6, 6.07) is 12.4. The Morgan fingerprint density at radius 3 is 2.86 bits per heavy atom. The van der Waals surface area contributed by atoms with E-state index < -0.39 is 24.5 Å². The first-order chi connectivity index (χ1) is 13.9. The number of fused-ring (bicyclic) bond motifs is 2. The van der Waals surface area contributed by atoms with E-state index in [1.54, 1.807) is 43.3 Å². The molecule has 1 N–H and O–H groups in total. The fourth-order valence-electron chi connectivity index (χ4n) is 3.35. The Bertz CT molecular complexity index is 1130. The van der Waals surface area contributed by atoms with Gasteiger partial charge in [0.05, 0.1) is 11.4 Å². The van der Waals surface area contributed by atoms with Gasteiger partial charge in [0.15, 0.2) is 6.61 Å². The van der Waals surface area contributed by atoms with Gasteiger partial charge in [0, 0.05) is 17.2 Å². The number of anilines is 2. The number of halogens is 1. The van der Waals surface area contributed by atoms with Gasteiger partial charge in [-0.25, -0.2) is 9.18 Å². The van der Waals surface area contributed by atoms with Gasteiger partial charge >= 0.3 is 5.97 Å². The number of para-hydroxylation sites is 2. The highest BCUT2D eigenvalue weighted by Crippen LogP contribution is 2.31. The van der Waals surface area contributed by atoms with Crippen molar-refractivity contribution in [3.63, 3.8) is 0 Å². The van der Waals surface area contributed by atoms with Crippen LogP contribution >= 0.6 is 11.3 Å². The Balaban J connectivity index is 1.51. The second-order valence-corrected chi connectivity index (χ2v) is 7.83. The van der Waals surface area contributed by atoms with Crippen LogP contribution < -0.4 is 10.2 Å². The van der Waals surface area contributed by atoms with Gasteiger partial charge in [0.1, 0.15) is 10.7 Å². The smallest absolute Gasteiger partial charge is 0.348 e. The zero-order chi connectivity index (χ0) is 20.5. The molecule has 3 aromatic rings. The molecular weight excluding hydrogens is 395 g/mol. The van der Waals surface area contributed by atoms with Crippen molar-refractivity contribution in [2.75, 3.05) is 16.8 Å². The lowest BCUT2D eigenvalue weighted by molar-refractivity contribution is -0.122. The molecule has 8 heteroatoms. The Labute approximate surface area is 169 Å². The van der Waals surface area contributed by atoms with Crippen molar-refractivity contribution in [3.05, 3.63) is 59.2 Å². The predicted molar refractivity (Wildman–Crippen MR) is 109 cm³/mol. The van der Waals surface area contributed by atoms with Gasteiger partial charge in [-0.15, -0.1) is 11.3 Å². The molecule has 0 saturated carbocycles. The Morgan fingerprint density at radius 2 is 2.03 bits per heavy atom. The average molecular weight is 412 g/mol. The van der Waals surface area contributed by atoms with Crippen LogP contribution in [0.3, 0.4) is 0 Å². The molecule has 2 aromatic carbocycles. The molecule has 0 bridgehead atoms. The van der Waals surface area contributed by atoms with Crippen LogP contribution in [0.25, 0.3) is 10.1 Å². The zero-order valence-corrected chi connectivity index (χ0v) is 16.3. The first-order valence-electron chi connectivity index (χ1n) is 8.99. The van der Waals surface area contributed by atoms with Crippen molar-refractivity contribution < 1.29 is 23.5 Å². The van der Waals surface area contributed by atoms with Crippen molar-refractivity contribution in [1.82, 2.24) is 0 Å². The van der Waals surface area contributed by atoms with Crippen LogP contribution in [-0.4, -0.2) is 30.4 Å². The van der Waals surface area contributed by atoms with Crippen LogP contribution in [0.4, 0.5) is 15.8 Å². The Hall–Kier alpha value is -3.26. The van der Waals surface area contributed by atoms with Crippen LogP contribution in [0.2, 0.25) is 0 Å². The fraction of sp³-hybridized carbons (Fsp3) is 0.190. The third kappa shape index (κ3) is 3.84. The molecule has 1 aromatic heterocycles. The number of benzene rings is 2. The minimum atomic E-state index is -0.648. The zero-order valence-electron chi connectivity index (χ0n) is 15.5. The summed E-state index contributed by atoms with van der Waals surface area (Å²) in [6.45, 7) is 1.30. The highest BCUT2D eigenvalue weighted by molar-refractivity contribution is 7.20. The minimum absolute atomic E-state index is 0.135. The Morgan fingerprint density at radius 1 is 1.24 bits per heavy atom. The maximum Gasteiger partial charge on any atom is 0.348 e. The van der Waals surface area contributed by atoms with Crippen molar-refractivity contribution in [2.45, 2.75) is 19.4 Å².